The highest BCUT2D eigenvalue weighted by atomic mass is 19.1. The van der Waals surface area contributed by atoms with Crippen molar-refractivity contribution < 1.29 is 9.13 Å². The van der Waals surface area contributed by atoms with E-state index in [0.717, 1.165) is 76.1 Å². The summed E-state index contributed by atoms with van der Waals surface area (Å²) < 4.78 is 18.8. The van der Waals surface area contributed by atoms with Crippen LogP contribution >= 0.6 is 0 Å². The third kappa shape index (κ3) is 4.56. The molecule has 0 aromatic carbocycles. The molecule has 0 aliphatic carbocycles. The molecule has 2 aliphatic rings. The largest absolute Gasteiger partial charge is 0.378 e. The molecular weight excluding hydrogens is 359 g/mol. The number of nitrogens with zero attached hydrogens (tertiary/aromatic N) is 6. The van der Waals surface area contributed by atoms with Crippen molar-refractivity contribution in [1.82, 2.24) is 19.9 Å². The summed E-state index contributed by atoms with van der Waals surface area (Å²) in [6, 6.07) is 3.99. The Morgan fingerprint density at radius 1 is 1.18 bits per heavy atom. The minimum absolute atomic E-state index is 0.271. The number of anilines is 2. The van der Waals surface area contributed by atoms with Crippen LogP contribution < -0.4 is 9.80 Å². The van der Waals surface area contributed by atoms with Crippen molar-refractivity contribution >= 4 is 11.8 Å². The van der Waals surface area contributed by atoms with Crippen LogP contribution in [-0.4, -0.2) is 72.3 Å². The van der Waals surface area contributed by atoms with Crippen molar-refractivity contribution in [3.8, 4) is 0 Å². The molecule has 0 amide bonds. The van der Waals surface area contributed by atoms with Crippen LogP contribution in [0.5, 0.6) is 0 Å². The van der Waals surface area contributed by atoms with Gasteiger partial charge in [0.25, 0.3) is 0 Å². The van der Waals surface area contributed by atoms with E-state index in [1.807, 2.05) is 12.3 Å². The van der Waals surface area contributed by atoms with E-state index in [1.165, 1.54) is 6.20 Å². The molecule has 0 saturated carbocycles. The number of ether oxygens (including phenoxy) is 1. The van der Waals surface area contributed by atoms with Crippen molar-refractivity contribution in [2.45, 2.75) is 25.4 Å². The summed E-state index contributed by atoms with van der Waals surface area (Å²) in [6.07, 6.45) is 6.94. The first-order chi connectivity index (χ1) is 13.7. The fraction of sp³-hybridized carbons (Fsp3) is 0.550. The van der Waals surface area contributed by atoms with Gasteiger partial charge in [-0.3, -0.25) is 9.88 Å². The lowest BCUT2D eigenvalue weighted by Crippen LogP contribution is -2.43. The summed E-state index contributed by atoms with van der Waals surface area (Å²) in [5, 5.41) is 0. The van der Waals surface area contributed by atoms with Crippen LogP contribution in [-0.2, 0) is 11.3 Å². The van der Waals surface area contributed by atoms with Gasteiger partial charge >= 0.3 is 0 Å². The predicted molar refractivity (Wildman–Crippen MR) is 106 cm³/mol. The first-order valence-corrected chi connectivity index (χ1v) is 9.89. The maximum atomic E-state index is 13.3. The molecule has 0 bridgehead atoms. The zero-order valence-electron chi connectivity index (χ0n) is 16.3. The molecule has 28 heavy (non-hydrogen) atoms. The Morgan fingerprint density at radius 2 is 1.96 bits per heavy atom. The van der Waals surface area contributed by atoms with Crippen LogP contribution in [0, 0.1) is 5.82 Å². The minimum atomic E-state index is -0.271. The molecule has 4 rings (SSSR count). The number of aromatic nitrogens is 3. The van der Waals surface area contributed by atoms with Crippen molar-refractivity contribution in [3.05, 3.63) is 42.1 Å². The molecule has 8 heteroatoms. The summed E-state index contributed by atoms with van der Waals surface area (Å²) >= 11 is 0. The monoisotopic (exact) mass is 386 g/mol. The van der Waals surface area contributed by atoms with Gasteiger partial charge in [-0.15, -0.1) is 0 Å². The van der Waals surface area contributed by atoms with Crippen LogP contribution in [0.25, 0.3) is 0 Å². The van der Waals surface area contributed by atoms with Crippen molar-refractivity contribution in [3.63, 3.8) is 0 Å². The Hall–Kier alpha value is -2.32. The molecule has 0 atom stereocenters. The van der Waals surface area contributed by atoms with E-state index in [0.29, 0.717) is 6.04 Å². The highest BCUT2D eigenvalue weighted by molar-refractivity contribution is 5.44. The second-order valence-electron chi connectivity index (χ2n) is 7.44. The van der Waals surface area contributed by atoms with Crippen LogP contribution in [0.2, 0.25) is 0 Å². The average molecular weight is 386 g/mol. The summed E-state index contributed by atoms with van der Waals surface area (Å²) in [4.78, 5) is 20.0. The van der Waals surface area contributed by atoms with Crippen LogP contribution in [0.1, 0.15) is 18.4 Å². The fourth-order valence-corrected chi connectivity index (χ4v) is 3.90. The van der Waals surface area contributed by atoms with Gasteiger partial charge in [-0.1, -0.05) is 0 Å². The maximum absolute atomic E-state index is 13.3. The number of hydrogen-bond acceptors (Lipinski definition) is 7. The highest BCUT2D eigenvalue weighted by Crippen LogP contribution is 2.23. The number of halogens is 1. The highest BCUT2D eigenvalue weighted by Gasteiger charge is 2.24. The van der Waals surface area contributed by atoms with Gasteiger partial charge in [-0.25, -0.2) is 9.37 Å². The summed E-state index contributed by atoms with van der Waals surface area (Å²) in [5.74, 6) is 1.47. The van der Waals surface area contributed by atoms with Crippen LogP contribution in [0.4, 0.5) is 16.2 Å². The molecule has 0 radical (unpaired) electrons. The SMILES string of the molecule is CN(c1ccnc(N2CCOCC2)n1)C1CCN(Cc2cncc(F)c2)CC1. The maximum Gasteiger partial charge on any atom is 0.227 e. The molecule has 0 unspecified atom stereocenters. The van der Waals surface area contributed by atoms with E-state index in [4.69, 9.17) is 9.72 Å². The lowest BCUT2D eigenvalue weighted by Gasteiger charge is -2.37. The summed E-state index contributed by atoms with van der Waals surface area (Å²) in [5.41, 5.74) is 0.928. The molecule has 150 valence electrons. The Kier molecular flexibility index (Phi) is 5.97. The van der Waals surface area contributed by atoms with Gasteiger partial charge in [0.15, 0.2) is 0 Å². The topological polar surface area (TPSA) is 57.6 Å². The Bertz CT molecular complexity index is 777. The van der Waals surface area contributed by atoms with E-state index in [9.17, 15) is 4.39 Å². The second kappa shape index (κ2) is 8.79. The Morgan fingerprint density at radius 3 is 2.71 bits per heavy atom. The number of piperidine rings is 1. The molecule has 2 aromatic heterocycles. The van der Waals surface area contributed by atoms with Gasteiger partial charge in [0.2, 0.25) is 5.95 Å². The predicted octanol–water partition coefficient (Wildman–Crippen LogP) is 1.95. The lowest BCUT2D eigenvalue weighted by atomic mass is 10.0. The van der Waals surface area contributed by atoms with Gasteiger partial charge in [-0.05, 0) is 30.5 Å². The van der Waals surface area contributed by atoms with Crippen molar-refractivity contribution in [2.75, 3.05) is 56.2 Å². The van der Waals surface area contributed by atoms with Gasteiger partial charge in [0.1, 0.15) is 11.6 Å². The minimum Gasteiger partial charge on any atom is -0.378 e. The molecule has 7 nitrogen and oxygen atoms in total. The van der Waals surface area contributed by atoms with E-state index < -0.39 is 0 Å². The molecule has 2 aromatic rings. The molecule has 0 N–H and O–H groups in total. The van der Waals surface area contributed by atoms with E-state index in [-0.39, 0.29) is 5.82 Å². The van der Waals surface area contributed by atoms with Gasteiger partial charge in [0, 0.05) is 58.2 Å². The van der Waals surface area contributed by atoms with Crippen molar-refractivity contribution in [1.29, 1.82) is 0 Å². The second-order valence-corrected chi connectivity index (χ2v) is 7.44. The zero-order valence-corrected chi connectivity index (χ0v) is 16.3. The zero-order chi connectivity index (χ0) is 19.3. The third-order valence-corrected chi connectivity index (χ3v) is 5.56. The van der Waals surface area contributed by atoms with Gasteiger partial charge in [0.05, 0.1) is 19.4 Å². The molecule has 4 heterocycles. The van der Waals surface area contributed by atoms with Crippen LogP contribution in [0.15, 0.2) is 30.7 Å². The van der Waals surface area contributed by atoms with E-state index in [1.54, 1.807) is 12.3 Å². The molecule has 0 spiro atoms. The number of pyridine rings is 1. The third-order valence-electron chi connectivity index (χ3n) is 5.56. The van der Waals surface area contributed by atoms with E-state index in [2.05, 4.69) is 31.7 Å². The van der Waals surface area contributed by atoms with Gasteiger partial charge in [-0.2, -0.15) is 4.98 Å². The number of hydrogen-bond donors (Lipinski definition) is 0. The first kappa shape index (κ1) is 19.0. The normalized spacial score (nSPS) is 19.0. The summed E-state index contributed by atoms with van der Waals surface area (Å²) in [7, 11) is 2.11. The molecular formula is C20H27FN6O. The number of likely N-dealkylation sites (tertiary alicyclic amines) is 1. The number of rotatable bonds is 5. The first-order valence-electron chi connectivity index (χ1n) is 9.89. The van der Waals surface area contributed by atoms with Gasteiger partial charge < -0.3 is 14.5 Å². The van der Waals surface area contributed by atoms with Crippen LogP contribution in [0.3, 0.4) is 0 Å². The lowest BCUT2D eigenvalue weighted by molar-refractivity contribution is 0.122. The smallest absolute Gasteiger partial charge is 0.227 e. The quantitative estimate of drug-likeness (QED) is 0.778. The molecule has 2 fully saturated rings. The average Bonchev–Trinajstić information content (AvgIpc) is 2.75. The molecule has 2 saturated heterocycles. The Labute approximate surface area is 165 Å². The van der Waals surface area contributed by atoms with Crippen molar-refractivity contribution in [2.24, 2.45) is 0 Å². The number of morpholine rings is 1. The summed E-state index contributed by atoms with van der Waals surface area (Å²) in [6.45, 7) is 5.82. The fourth-order valence-electron chi connectivity index (χ4n) is 3.90. The Balaban J connectivity index is 1.34. The molecule has 2 aliphatic heterocycles. The van der Waals surface area contributed by atoms with E-state index >= 15 is 0 Å². The standard InChI is InChI=1S/C20H27FN6O/c1-25(19-2-5-23-20(24-19)27-8-10-28-11-9-27)18-3-6-26(7-4-18)15-16-12-17(21)14-22-13-16/h2,5,12-14,18H,3-4,6-11,15H2,1H3.